The van der Waals surface area contributed by atoms with E-state index < -0.39 is 0 Å². The number of anilines is 1. The van der Waals surface area contributed by atoms with E-state index in [9.17, 15) is 4.79 Å². The lowest BCUT2D eigenvalue weighted by atomic mass is 10.2. The van der Waals surface area contributed by atoms with Gasteiger partial charge in [-0.1, -0.05) is 11.8 Å². The van der Waals surface area contributed by atoms with Crippen LogP contribution in [-0.4, -0.2) is 17.4 Å². The molecule has 3 N–H and O–H groups in total. The van der Waals surface area contributed by atoms with E-state index in [-0.39, 0.29) is 5.91 Å². The number of carbonyl (C=O) groups excluding carboxylic acids is 1. The van der Waals surface area contributed by atoms with Crippen molar-refractivity contribution < 1.29 is 4.79 Å². The molecule has 0 aliphatic heterocycles. The second kappa shape index (κ2) is 6.34. The van der Waals surface area contributed by atoms with Crippen molar-refractivity contribution in [1.82, 2.24) is 4.98 Å². The Morgan fingerprint density at radius 1 is 1.16 bits per heavy atom. The lowest BCUT2D eigenvalue weighted by Crippen LogP contribution is -2.11. The number of nitrogens with one attached hydrogen (secondary N) is 1. The third-order valence-corrected chi connectivity index (χ3v) is 2.42. The first-order chi connectivity index (χ1) is 9.29. The molecule has 0 saturated carbocycles. The molecular weight excluding hydrogens is 238 g/mol. The van der Waals surface area contributed by atoms with E-state index >= 15 is 0 Å². The lowest BCUT2D eigenvalue weighted by molar-refractivity contribution is 0.102. The fourth-order valence-corrected chi connectivity index (χ4v) is 1.50. The van der Waals surface area contributed by atoms with Gasteiger partial charge in [-0.25, -0.2) is 0 Å². The Labute approximate surface area is 111 Å². The van der Waals surface area contributed by atoms with Gasteiger partial charge in [-0.2, -0.15) is 0 Å². The van der Waals surface area contributed by atoms with Crippen LogP contribution in [0.4, 0.5) is 5.69 Å². The zero-order chi connectivity index (χ0) is 13.5. The fraction of sp³-hybridized carbons (Fsp3) is 0.0667. The van der Waals surface area contributed by atoms with Crippen molar-refractivity contribution >= 4 is 11.6 Å². The van der Waals surface area contributed by atoms with Gasteiger partial charge in [0.15, 0.2) is 0 Å². The summed E-state index contributed by atoms with van der Waals surface area (Å²) in [7, 11) is 0. The predicted octanol–water partition coefficient (Wildman–Crippen LogP) is 1.64. The van der Waals surface area contributed by atoms with E-state index in [2.05, 4.69) is 22.1 Å². The van der Waals surface area contributed by atoms with Crippen LogP contribution < -0.4 is 11.1 Å². The summed E-state index contributed by atoms with van der Waals surface area (Å²) in [5.74, 6) is 5.53. The summed E-state index contributed by atoms with van der Waals surface area (Å²) in [6.07, 6.45) is 3.17. The minimum atomic E-state index is -0.164. The Bertz CT molecular complexity index is 609. The second-order valence-electron chi connectivity index (χ2n) is 3.77. The summed E-state index contributed by atoms with van der Waals surface area (Å²) in [5, 5.41) is 2.80. The van der Waals surface area contributed by atoms with Crippen molar-refractivity contribution in [2.75, 3.05) is 11.9 Å². The van der Waals surface area contributed by atoms with E-state index in [4.69, 9.17) is 5.73 Å². The second-order valence-corrected chi connectivity index (χ2v) is 3.77. The van der Waals surface area contributed by atoms with Gasteiger partial charge >= 0.3 is 0 Å². The molecule has 0 unspecified atom stereocenters. The van der Waals surface area contributed by atoms with E-state index in [1.165, 1.54) is 0 Å². The fourth-order valence-electron chi connectivity index (χ4n) is 1.50. The molecule has 1 heterocycles. The van der Waals surface area contributed by atoms with Crippen molar-refractivity contribution in [1.29, 1.82) is 0 Å². The summed E-state index contributed by atoms with van der Waals surface area (Å²) in [6.45, 7) is 0.334. The van der Waals surface area contributed by atoms with Crippen LogP contribution in [0.15, 0.2) is 48.8 Å². The number of aromatic nitrogens is 1. The lowest BCUT2D eigenvalue weighted by Gasteiger charge is -2.04. The molecule has 0 bridgehead atoms. The molecule has 0 saturated heterocycles. The molecule has 4 heteroatoms. The van der Waals surface area contributed by atoms with Crippen molar-refractivity contribution in [3.8, 4) is 11.8 Å². The van der Waals surface area contributed by atoms with Crippen LogP contribution in [0, 0.1) is 11.8 Å². The van der Waals surface area contributed by atoms with Gasteiger partial charge in [0.2, 0.25) is 0 Å². The highest BCUT2D eigenvalue weighted by molar-refractivity contribution is 6.04. The van der Waals surface area contributed by atoms with Gasteiger partial charge in [-0.05, 0) is 36.4 Å². The number of hydrogen-bond donors (Lipinski definition) is 2. The van der Waals surface area contributed by atoms with E-state index in [1.807, 2.05) is 12.1 Å². The first-order valence-corrected chi connectivity index (χ1v) is 5.80. The summed E-state index contributed by atoms with van der Waals surface area (Å²) in [4.78, 5) is 15.8. The Morgan fingerprint density at radius 2 is 1.84 bits per heavy atom. The number of rotatable bonds is 2. The Morgan fingerprint density at radius 3 is 2.47 bits per heavy atom. The van der Waals surface area contributed by atoms with E-state index in [0.29, 0.717) is 12.1 Å². The molecule has 0 atom stereocenters. The minimum absolute atomic E-state index is 0.164. The molecule has 4 nitrogen and oxygen atoms in total. The van der Waals surface area contributed by atoms with Gasteiger partial charge < -0.3 is 11.1 Å². The monoisotopic (exact) mass is 251 g/mol. The Balaban J connectivity index is 2.06. The van der Waals surface area contributed by atoms with Gasteiger partial charge in [0.1, 0.15) is 0 Å². The largest absolute Gasteiger partial charge is 0.322 e. The molecule has 0 radical (unpaired) electrons. The molecule has 2 rings (SSSR count). The van der Waals surface area contributed by atoms with Crippen LogP contribution in [0.2, 0.25) is 0 Å². The molecular formula is C15H13N3O. The van der Waals surface area contributed by atoms with Crippen LogP contribution in [0.5, 0.6) is 0 Å². The Hall–Kier alpha value is -2.64. The molecule has 0 aliphatic rings. The van der Waals surface area contributed by atoms with Gasteiger partial charge in [0.25, 0.3) is 5.91 Å². The van der Waals surface area contributed by atoms with Crippen LogP contribution in [0.3, 0.4) is 0 Å². The van der Waals surface area contributed by atoms with Crippen LogP contribution in [-0.2, 0) is 0 Å². The third kappa shape index (κ3) is 3.66. The highest BCUT2D eigenvalue weighted by Crippen LogP contribution is 2.10. The predicted molar refractivity (Wildman–Crippen MR) is 74.6 cm³/mol. The van der Waals surface area contributed by atoms with Crippen LogP contribution >= 0.6 is 0 Å². The quantitative estimate of drug-likeness (QED) is 0.797. The van der Waals surface area contributed by atoms with Crippen LogP contribution in [0.25, 0.3) is 0 Å². The molecule has 0 fully saturated rings. The number of amides is 1. The number of nitrogens with two attached hydrogens (primary N) is 1. The molecule has 1 aromatic heterocycles. The summed E-state index contributed by atoms with van der Waals surface area (Å²) < 4.78 is 0. The van der Waals surface area contributed by atoms with E-state index in [0.717, 1.165) is 11.3 Å². The van der Waals surface area contributed by atoms with Crippen molar-refractivity contribution in [3.05, 3.63) is 59.9 Å². The molecule has 0 aliphatic carbocycles. The summed E-state index contributed by atoms with van der Waals surface area (Å²) in [6, 6.07) is 10.6. The zero-order valence-electron chi connectivity index (χ0n) is 10.3. The maximum atomic E-state index is 11.9. The molecule has 2 aromatic rings. The summed E-state index contributed by atoms with van der Waals surface area (Å²) in [5.41, 5.74) is 7.46. The van der Waals surface area contributed by atoms with E-state index in [1.54, 1.807) is 36.7 Å². The average molecular weight is 251 g/mol. The minimum Gasteiger partial charge on any atom is -0.322 e. The summed E-state index contributed by atoms with van der Waals surface area (Å²) >= 11 is 0. The number of hydrogen-bond acceptors (Lipinski definition) is 3. The maximum absolute atomic E-state index is 11.9. The molecule has 1 aromatic carbocycles. The zero-order valence-corrected chi connectivity index (χ0v) is 10.3. The topological polar surface area (TPSA) is 68.0 Å². The highest BCUT2D eigenvalue weighted by atomic mass is 16.1. The van der Waals surface area contributed by atoms with Gasteiger partial charge in [0, 0.05) is 29.2 Å². The van der Waals surface area contributed by atoms with Crippen LogP contribution in [0.1, 0.15) is 15.9 Å². The molecule has 94 valence electrons. The van der Waals surface area contributed by atoms with Crippen molar-refractivity contribution in [3.63, 3.8) is 0 Å². The smallest absolute Gasteiger partial charge is 0.255 e. The number of pyridine rings is 1. The number of nitrogens with zero attached hydrogens (tertiary/aromatic N) is 1. The molecule has 19 heavy (non-hydrogen) atoms. The number of benzene rings is 1. The standard InChI is InChI=1S/C15H13N3O/c16-9-1-2-12-3-5-14(6-4-12)18-15(19)13-7-10-17-11-8-13/h3-8,10-11H,9,16H2,(H,18,19). The SMILES string of the molecule is NCC#Cc1ccc(NC(=O)c2ccncc2)cc1. The molecule has 1 amide bonds. The number of carbonyl (C=O) groups is 1. The highest BCUT2D eigenvalue weighted by Gasteiger charge is 2.04. The van der Waals surface area contributed by atoms with Gasteiger partial charge in [-0.3, -0.25) is 9.78 Å². The first kappa shape index (κ1) is 12.8. The first-order valence-electron chi connectivity index (χ1n) is 5.80. The normalized spacial score (nSPS) is 9.32. The van der Waals surface area contributed by atoms with Gasteiger partial charge in [0.05, 0.1) is 6.54 Å². The molecule has 0 spiro atoms. The average Bonchev–Trinajstić information content (AvgIpc) is 2.47. The Kier molecular flexibility index (Phi) is 4.27. The van der Waals surface area contributed by atoms with Crippen molar-refractivity contribution in [2.45, 2.75) is 0 Å². The van der Waals surface area contributed by atoms with Gasteiger partial charge in [-0.15, -0.1) is 0 Å². The third-order valence-electron chi connectivity index (χ3n) is 2.42. The maximum Gasteiger partial charge on any atom is 0.255 e. The van der Waals surface area contributed by atoms with Crippen molar-refractivity contribution in [2.24, 2.45) is 5.73 Å².